The number of para-hydroxylation sites is 1. The third kappa shape index (κ3) is 5.13. The zero-order valence-corrected chi connectivity index (χ0v) is 27.1. The monoisotopic (exact) mass is 629 g/mol. The molecule has 0 spiro atoms. The number of benzene rings is 8. The Hall–Kier alpha value is -5.96. The lowest BCUT2D eigenvalue weighted by Crippen LogP contribution is -2.11. The van der Waals surface area contributed by atoms with Gasteiger partial charge in [-0.1, -0.05) is 140 Å². The Balaban J connectivity index is 1.22. The topological polar surface area (TPSA) is 3.24 Å². The zero-order chi connectivity index (χ0) is 31.9. The third-order valence-corrected chi connectivity index (χ3v) is 10.4. The Morgan fingerprint density at radius 3 is 1.85 bits per heavy atom. The second-order valence-electron chi connectivity index (χ2n) is 12.2. The molecule has 0 aliphatic carbocycles. The van der Waals surface area contributed by atoms with Crippen LogP contribution in [-0.4, -0.2) is 0 Å². The lowest BCUT2D eigenvalue weighted by molar-refractivity contribution is 1.29. The average molecular weight is 630 g/mol. The summed E-state index contributed by atoms with van der Waals surface area (Å²) >= 11 is 1.86. The Bertz CT molecular complexity index is 2560. The summed E-state index contributed by atoms with van der Waals surface area (Å²) in [5, 5.41) is 5.08. The van der Waals surface area contributed by atoms with Crippen LogP contribution in [0, 0.1) is 0 Å². The Morgan fingerprint density at radius 2 is 0.958 bits per heavy atom. The Labute approximate surface area is 284 Å². The van der Waals surface area contributed by atoms with E-state index in [1.54, 1.807) is 0 Å². The SMILES string of the molecule is c1ccc(-c2ccc(-c3ccccc3N(c3cccc(-c4ccc5ccccc5c4)c3)c3ccc4sc5ccccc5c4c3)cc2)cc1. The maximum atomic E-state index is 2.43. The number of hydrogen-bond donors (Lipinski definition) is 0. The fourth-order valence-corrected chi connectivity index (χ4v) is 7.95. The molecule has 226 valence electrons. The van der Waals surface area contributed by atoms with Crippen molar-refractivity contribution in [2.45, 2.75) is 0 Å². The molecule has 1 nitrogen and oxygen atoms in total. The van der Waals surface area contributed by atoms with Gasteiger partial charge in [0, 0.05) is 37.1 Å². The van der Waals surface area contributed by atoms with E-state index in [0.717, 1.165) is 17.1 Å². The molecule has 0 fully saturated rings. The van der Waals surface area contributed by atoms with Gasteiger partial charge in [0.2, 0.25) is 0 Å². The summed E-state index contributed by atoms with van der Waals surface area (Å²) in [6.45, 7) is 0. The van der Waals surface area contributed by atoms with Crippen LogP contribution in [0.5, 0.6) is 0 Å². The lowest BCUT2D eigenvalue weighted by atomic mass is 9.97. The molecular weight excluding hydrogens is 599 g/mol. The van der Waals surface area contributed by atoms with Gasteiger partial charge in [-0.15, -0.1) is 11.3 Å². The summed E-state index contributed by atoms with van der Waals surface area (Å²) in [6.07, 6.45) is 0. The molecule has 0 N–H and O–H groups in total. The maximum absolute atomic E-state index is 2.43. The van der Waals surface area contributed by atoms with E-state index >= 15 is 0 Å². The van der Waals surface area contributed by atoms with Crippen molar-refractivity contribution in [3.05, 3.63) is 188 Å². The van der Waals surface area contributed by atoms with E-state index in [1.807, 2.05) is 11.3 Å². The molecule has 0 aliphatic rings. The van der Waals surface area contributed by atoms with E-state index in [2.05, 4.69) is 193 Å². The number of thiophene rings is 1. The fraction of sp³-hybridized carbons (Fsp3) is 0. The minimum absolute atomic E-state index is 1.12. The van der Waals surface area contributed by atoms with Gasteiger partial charge in [-0.05, 0) is 87.1 Å². The van der Waals surface area contributed by atoms with Crippen molar-refractivity contribution >= 4 is 59.3 Å². The van der Waals surface area contributed by atoms with Crippen LogP contribution in [0.4, 0.5) is 17.1 Å². The first-order chi connectivity index (χ1) is 23.8. The van der Waals surface area contributed by atoms with Crippen LogP contribution in [0.25, 0.3) is 64.3 Å². The molecule has 2 heteroatoms. The molecule has 0 atom stereocenters. The van der Waals surface area contributed by atoms with E-state index in [4.69, 9.17) is 0 Å². The van der Waals surface area contributed by atoms with Gasteiger partial charge in [0.1, 0.15) is 0 Å². The number of fused-ring (bicyclic) bond motifs is 4. The second kappa shape index (κ2) is 12.0. The number of rotatable bonds is 6. The van der Waals surface area contributed by atoms with Gasteiger partial charge in [0.25, 0.3) is 0 Å². The molecule has 9 rings (SSSR count). The summed E-state index contributed by atoms with van der Waals surface area (Å²) in [4.78, 5) is 2.43. The number of hydrogen-bond acceptors (Lipinski definition) is 2. The first-order valence-corrected chi connectivity index (χ1v) is 17.2. The highest BCUT2D eigenvalue weighted by Crippen LogP contribution is 2.44. The molecule has 0 amide bonds. The van der Waals surface area contributed by atoms with E-state index < -0.39 is 0 Å². The molecule has 0 saturated carbocycles. The molecular formula is C46H31NS. The Morgan fingerprint density at radius 1 is 0.333 bits per heavy atom. The summed E-state index contributed by atoms with van der Waals surface area (Å²) in [5.74, 6) is 0. The van der Waals surface area contributed by atoms with Crippen LogP contribution in [-0.2, 0) is 0 Å². The van der Waals surface area contributed by atoms with Crippen LogP contribution in [0.15, 0.2) is 188 Å². The molecule has 9 aromatic rings. The van der Waals surface area contributed by atoms with Crippen molar-refractivity contribution in [3.63, 3.8) is 0 Å². The van der Waals surface area contributed by atoms with Gasteiger partial charge >= 0.3 is 0 Å². The number of anilines is 3. The normalized spacial score (nSPS) is 11.3. The van der Waals surface area contributed by atoms with Crippen LogP contribution >= 0.6 is 11.3 Å². The lowest BCUT2D eigenvalue weighted by Gasteiger charge is -2.28. The summed E-state index contributed by atoms with van der Waals surface area (Å²) in [6, 6.07) is 68.3. The fourth-order valence-electron chi connectivity index (χ4n) is 6.86. The predicted octanol–water partition coefficient (Wildman–Crippen LogP) is 13.7. The first-order valence-electron chi connectivity index (χ1n) is 16.3. The highest BCUT2D eigenvalue weighted by molar-refractivity contribution is 7.25. The van der Waals surface area contributed by atoms with Gasteiger partial charge in [0.15, 0.2) is 0 Å². The molecule has 8 aromatic carbocycles. The maximum Gasteiger partial charge on any atom is 0.0540 e. The van der Waals surface area contributed by atoms with Gasteiger partial charge in [-0.3, -0.25) is 0 Å². The average Bonchev–Trinajstić information content (AvgIpc) is 3.54. The minimum atomic E-state index is 1.12. The van der Waals surface area contributed by atoms with Crippen molar-refractivity contribution in [1.82, 2.24) is 0 Å². The molecule has 0 radical (unpaired) electrons. The quantitative estimate of drug-likeness (QED) is 0.177. The summed E-state index contributed by atoms with van der Waals surface area (Å²) in [5.41, 5.74) is 10.6. The van der Waals surface area contributed by atoms with E-state index in [-0.39, 0.29) is 0 Å². The van der Waals surface area contributed by atoms with Gasteiger partial charge in [-0.2, -0.15) is 0 Å². The molecule has 1 heterocycles. The number of nitrogens with zero attached hydrogens (tertiary/aromatic N) is 1. The largest absolute Gasteiger partial charge is 0.310 e. The van der Waals surface area contributed by atoms with Gasteiger partial charge in [-0.25, -0.2) is 0 Å². The molecule has 1 aromatic heterocycles. The van der Waals surface area contributed by atoms with Crippen molar-refractivity contribution in [3.8, 4) is 33.4 Å². The Kier molecular flexibility index (Phi) is 7.07. The zero-order valence-electron chi connectivity index (χ0n) is 26.3. The molecule has 0 saturated heterocycles. The molecule has 0 bridgehead atoms. The van der Waals surface area contributed by atoms with Crippen LogP contribution in [0.3, 0.4) is 0 Å². The predicted molar refractivity (Wildman–Crippen MR) is 208 cm³/mol. The van der Waals surface area contributed by atoms with Crippen molar-refractivity contribution < 1.29 is 0 Å². The second-order valence-corrected chi connectivity index (χ2v) is 13.3. The highest BCUT2D eigenvalue weighted by atomic mass is 32.1. The summed E-state index contributed by atoms with van der Waals surface area (Å²) in [7, 11) is 0. The van der Waals surface area contributed by atoms with Crippen LogP contribution in [0.1, 0.15) is 0 Å². The minimum Gasteiger partial charge on any atom is -0.310 e. The molecule has 48 heavy (non-hydrogen) atoms. The molecule has 0 aliphatic heterocycles. The van der Waals surface area contributed by atoms with Crippen molar-refractivity contribution in [2.24, 2.45) is 0 Å². The van der Waals surface area contributed by atoms with E-state index in [9.17, 15) is 0 Å². The van der Waals surface area contributed by atoms with Crippen LogP contribution in [0.2, 0.25) is 0 Å². The first kappa shape index (κ1) is 28.3. The van der Waals surface area contributed by atoms with Crippen LogP contribution < -0.4 is 4.90 Å². The van der Waals surface area contributed by atoms with Crippen molar-refractivity contribution in [1.29, 1.82) is 0 Å². The van der Waals surface area contributed by atoms with E-state index in [0.29, 0.717) is 0 Å². The standard InChI is InChI=1S/C46H31NS/c1-2-11-32(12-3-1)34-21-24-35(25-22-34)41-17-6-8-19-44(41)47(40-27-28-46-43(31-40)42-18-7-9-20-45(42)48-46)39-16-10-15-37(30-39)38-26-23-33-13-4-5-14-36(33)29-38/h1-31H. The summed E-state index contributed by atoms with van der Waals surface area (Å²) < 4.78 is 2.61. The smallest absolute Gasteiger partial charge is 0.0540 e. The highest BCUT2D eigenvalue weighted by Gasteiger charge is 2.19. The molecule has 0 unspecified atom stereocenters. The van der Waals surface area contributed by atoms with Gasteiger partial charge < -0.3 is 4.90 Å². The van der Waals surface area contributed by atoms with Gasteiger partial charge in [0.05, 0.1) is 5.69 Å². The van der Waals surface area contributed by atoms with Crippen molar-refractivity contribution in [2.75, 3.05) is 4.90 Å². The third-order valence-electron chi connectivity index (χ3n) is 9.25. The van der Waals surface area contributed by atoms with E-state index in [1.165, 1.54) is 64.3 Å².